The predicted molar refractivity (Wildman–Crippen MR) is 133 cm³/mol. The number of halogens is 3. The van der Waals surface area contributed by atoms with Gasteiger partial charge in [0.2, 0.25) is 11.8 Å². The quantitative estimate of drug-likeness (QED) is 0.545. The lowest BCUT2D eigenvalue weighted by molar-refractivity contribution is -0.274. The summed E-state index contributed by atoms with van der Waals surface area (Å²) in [6.45, 7) is 0.928. The number of fused-ring (bicyclic) bond motifs is 1. The first-order valence-corrected chi connectivity index (χ1v) is 13.0. The first-order valence-electron chi connectivity index (χ1n) is 13.0. The van der Waals surface area contributed by atoms with Crippen LogP contribution in [0.1, 0.15) is 68.7 Å². The lowest BCUT2D eigenvalue weighted by atomic mass is 9.89. The van der Waals surface area contributed by atoms with E-state index in [0.717, 1.165) is 41.9 Å². The zero-order valence-electron chi connectivity index (χ0n) is 21.3. The molecule has 2 fully saturated rings. The van der Waals surface area contributed by atoms with E-state index in [1.807, 2.05) is 0 Å². The van der Waals surface area contributed by atoms with Gasteiger partial charge in [-0.25, -0.2) is 0 Å². The molecular formula is C28H26F3N3O6. The first-order chi connectivity index (χ1) is 19.0. The van der Waals surface area contributed by atoms with Gasteiger partial charge in [-0.1, -0.05) is 12.1 Å². The molecule has 0 saturated carbocycles. The largest absolute Gasteiger partial charge is 0.573 e. The number of carbonyl (C=O) groups is 5. The van der Waals surface area contributed by atoms with E-state index in [4.69, 9.17) is 0 Å². The van der Waals surface area contributed by atoms with Crippen molar-refractivity contribution in [3.8, 4) is 5.75 Å². The summed E-state index contributed by atoms with van der Waals surface area (Å²) in [5, 5.41) is 2.18. The molecule has 1 N–H and O–H groups in total. The topological polar surface area (TPSA) is 113 Å². The van der Waals surface area contributed by atoms with Crippen LogP contribution in [0.2, 0.25) is 0 Å². The normalized spacial score (nSPS) is 20.0. The molecule has 3 aliphatic rings. The maximum atomic E-state index is 13.0. The van der Waals surface area contributed by atoms with E-state index in [1.165, 1.54) is 12.1 Å². The summed E-state index contributed by atoms with van der Waals surface area (Å²) in [6, 6.07) is 9.08. The van der Waals surface area contributed by atoms with Crippen molar-refractivity contribution in [2.24, 2.45) is 5.92 Å². The lowest BCUT2D eigenvalue weighted by Crippen LogP contribution is -2.54. The number of rotatable bonds is 6. The van der Waals surface area contributed by atoms with Crippen LogP contribution in [-0.4, -0.2) is 64.8 Å². The lowest BCUT2D eigenvalue weighted by Gasteiger charge is -2.32. The van der Waals surface area contributed by atoms with Gasteiger partial charge < -0.3 is 9.64 Å². The third-order valence-electron chi connectivity index (χ3n) is 7.56. The zero-order chi connectivity index (χ0) is 28.6. The number of imide groups is 2. The highest BCUT2D eigenvalue weighted by molar-refractivity contribution is 6.23. The van der Waals surface area contributed by atoms with E-state index in [0.29, 0.717) is 25.4 Å². The summed E-state index contributed by atoms with van der Waals surface area (Å²) in [7, 11) is 0. The minimum atomic E-state index is -4.84. The molecule has 2 aromatic rings. The van der Waals surface area contributed by atoms with Crippen LogP contribution >= 0.6 is 0 Å². The molecule has 40 heavy (non-hydrogen) atoms. The van der Waals surface area contributed by atoms with Crippen molar-refractivity contribution in [1.82, 2.24) is 15.1 Å². The Bertz CT molecular complexity index is 1380. The van der Waals surface area contributed by atoms with Crippen LogP contribution in [0.15, 0.2) is 42.5 Å². The Kier molecular flexibility index (Phi) is 7.35. The maximum absolute atomic E-state index is 13.0. The molecular weight excluding hydrogens is 531 g/mol. The fraction of sp³-hybridized carbons (Fsp3) is 0.393. The molecule has 5 rings (SSSR count). The highest BCUT2D eigenvalue weighted by Gasteiger charge is 2.44. The number of aryl methyl sites for hydroxylation is 1. The summed E-state index contributed by atoms with van der Waals surface area (Å²) < 4.78 is 41.5. The number of ether oxygens (including phenoxy) is 1. The van der Waals surface area contributed by atoms with Crippen LogP contribution < -0.4 is 10.1 Å². The Labute approximate surface area is 227 Å². The van der Waals surface area contributed by atoms with Gasteiger partial charge in [0.15, 0.2) is 0 Å². The molecule has 3 aliphatic heterocycles. The minimum Gasteiger partial charge on any atom is -0.406 e. The van der Waals surface area contributed by atoms with Crippen molar-refractivity contribution < 1.29 is 41.9 Å². The number of benzene rings is 2. The number of nitrogens with one attached hydrogen (secondary N) is 1. The molecule has 3 heterocycles. The highest BCUT2D eigenvalue weighted by atomic mass is 19.4. The smallest absolute Gasteiger partial charge is 0.406 e. The molecule has 0 aliphatic carbocycles. The van der Waals surface area contributed by atoms with Crippen LogP contribution in [-0.2, 0) is 16.0 Å². The predicted octanol–water partition coefficient (Wildman–Crippen LogP) is 3.47. The minimum absolute atomic E-state index is 0.0539. The molecule has 9 nitrogen and oxygen atoms in total. The Balaban J connectivity index is 1.15. The summed E-state index contributed by atoms with van der Waals surface area (Å²) in [5.74, 6) is -2.68. The van der Waals surface area contributed by atoms with Crippen LogP contribution in [0, 0.1) is 5.92 Å². The second kappa shape index (κ2) is 10.7. The number of alkyl halides is 3. The zero-order valence-corrected chi connectivity index (χ0v) is 21.3. The summed E-state index contributed by atoms with van der Waals surface area (Å²) >= 11 is 0. The monoisotopic (exact) mass is 557 g/mol. The van der Waals surface area contributed by atoms with E-state index in [2.05, 4.69) is 10.1 Å². The van der Waals surface area contributed by atoms with Gasteiger partial charge in [-0.3, -0.25) is 34.2 Å². The van der Waals surface area contributed by atoms with Gasteiger partial charge in [0.25, 0.3) is 17.7 Å². The fourth-order valence-electron chi connectivity index (χ4n) is 5.48. The number of carbonyl (C=O) groups excluding carboxylic acids is 5. The average molecular weight is 558 g/mol. The van der Waals surface area contributed by atoms with Crippen LogP contribution in [0.4, 0.5) is 13.2 Å². The van der Waals surface area contributed by atoms with Gasteiger partial charge in [-0.2, -0.15) is 0 Å². The number of piperidine rings is 2. The Hall–Kier alpha value is -4.22. The molecule has 0 aromatic heterocycles. The van der Waals surface area contributed by atoms with Crippen molar-refractivity contribution in [3.63, 3.8) is 0 Å². The fourth-order valence-corrected chi connectivity index (χ4v) is 5.48. The van der Waals surface area contributed by atoms with E-state index in [9.17, 15) is 37.1 Å². The van der Waals surface area contributed by atoms with E-state index >= 15 is 0 Å². The van der Waals surface area contributed by atoms with Crippen LogP contribution in [0.25, 0.3) is 0 Å². The number of hydrogen-bond donors (Lipinski definition) is 1. The standard InChI is InChI=1S/C28H26F3N3O6/c29-28(30,31)40-19-3-1-2-18(15-19)25(37)33-12-10-16(11-13-33)4-5-17-6-7-20-21(14-17)27(39)34(26(20)38)22-8-9-23(35)32-24(22)36/h1-3,6-7,14-16,22H,4-5,8-13H2,(H,32,35,36). The number of amides is 5. The molecule has 1 atom stereocenters. The number of nitrogens with zero attached hydrogens (tertiary/aromatic N) is 2. The van der Waals surface area contributed by atoms with Crippen molar-refractivity contribution in [2.45, 2.75) is 50.9 Å². The second-order valence-corrected chi connectivity index (χ2v) is 10.2. The molecule has 12 heteroatoms. The maximum Gasteiger partial charge on any atom is 0.573 e. The summed E-state index contributed by atoms with van der Waals surface area (Å²) in [5.41, 5.74) is 1.47. The molecule has 0 radical (unpaired) electrons. The number of hydrogen-bond acceptors (Lipinski definition) is 6. The van der Waals surface area contributed by atoms with E-state index < -0.39 is 41.8 Å². The SMILES string of the molecule is O=C1CCC(N2C(=O)c3ccc(CCC4CCN(C(=O)c5cccc(OC(F)(F)F)c5)CC4)cc3C2=O)C(=O)N1. The molecule has 5 amide bonds. The van der Waals surface area contributed by atoms with Crippen LogP contribution in [0.5, 0.6) is 5.75 Å². The molecule has 210 valence electrons. The van der Waals surface area contributed by atoms with Gasteiger partial charge in [0.05, 0.1) is 11.1 Å². The Morgan fingerprint density at radius 2 is 1.68 bits per heavy atom. The molecule has 2 saturated heterocycles. The Morgan fingerprint density at radius 1 is 0.950 bits per heavy atom. The third kappa shape index (κ3) is 5.70. The second-order valence-electron chi connectivity index (χ2n) is 10.2. The average Bonchev–Trinajstić information content (AvgIpc) is 3.15. The van der Waals surface area contributed by atoms with Gasteiger partial charge in [0, 0.05) is 25.1 Å². The molecule has 1 unspecified atom stereocenters. The van der Waals surface area contributed by atoms with E-state index in [1.54, 1.807) is 23.1 Å². The molecule has 2 aromatic carbocycles. The van der Waals surface area contributed by atoms with E-state index in [-0.39, 0.29) is 35.4 Å². The summed E-state index contributed by atoms with van der Waals surface area (Å²) in [6.07, 6.45) is -1.83. The van der Waals surface area contributed by atoms with Gasteiger partial charge in [0.1, 0.15) is 11.8 Å². The summed E-state index contributed by atoms with van der Waals surface area (Å²) in [4.78, 5) is 65.0. The van der Waals surface area contributed by atoms with Crippen LogP contribution in [0.3, 0.4) is 0 Å². The van der Waals surface area contributed by atoms with Crippen molar-refractivity contribution in [1.29, 1.82) is 0 Å². The van der Waals surface area contributed by atoms with Crippen molar-refractivity contribution >= 4 is 29.5 Å². The first kappa shape index (κ1) is 27.4. The molecule has 0 spiro atoms. The highest BCUT2D eigenvalue weighted by Crippen LogP contribution is 2.30. The Morgan fingerprint density at radius 3 is 2.38 bits per heavy atom. The number of likely N-dealkylation sites (tertiary alicyclic amines) is 1. The van der Waals surface area contributed by atoms with Crippen molar-refractivity contribution in [2.75, 3.05) is 13.1 Å². The van der Waals surface area contributed by atoms with Gasteiger partial charge in [-0.05, 0) is 73.9 Å². The van der Waals surface area contributed by atoms with Gasteiger partial charge in [-0.15, -0.1) is 13.2 Å². The van der Waals surface area contributed by atoms with Gasteiger partial charge >= 0.3 is 6.36 Å². The molecule has 0 bridgehead atoms. The van der Waals surface area contributed by atoms with Crippen molar-refractivity contribution in [3.05, 3.63) is 64.7 Å². The third-order valence-corrected chi connectivity index (χ3v) is 7.56.